The van der Waals surface area contributed by atoms with Gasteiger partial charge in [-0.25, -0.2) is 19.2 Å². The smallest absolute Gasteiger partial charge is 0.412 e. The fourth-order valence-electron chi connectivity index (χ4n) is 9.73. The van der Waals surface area contributed by atoms with Crippen LogP contribution < -0.4 is 5.32 Å². The lowest BCUT2D eigenvalue weighted by Crippen LogP contribution is -2.82. The van der Waals surface area contributed by atoms with Crippen molar-refractivity contribution in [3.05, 3.63) is 83.0 Å². The highest BCUT2D eigenvalue weighted by Crippen LogP contribution is 2.64. The van der Waals surface area contributed by atoms with E-state index in [-0.39, 0.29) is 28.9 Å². The van der Waals surface area contributed by atoms with Crippen molar-refractivity contribution in [1.29, 1.82) is 0 Å². The van der Waals surface area contributed by atoms with Crippen LogP contribution in [0.15, 0.2) is 76.1 Å². The van der Waals surface area contributed by atoms with Crippen LogP contribution in [0.25, 0.3) is 0 Å². The van der Waals surface area contributed by atoms with E-state index in [0.29, 0.717) is 5.57 Å². The number of hydrogen-bond donors (Lipinski definition) is 4. The molecule has 346 valence electrons. The van der Waals surface area contributed by atoms with Crippen molar-refractivity contribution in [2.24, 2.45) is 16.7 Å². The zero-order valence-electron chi connectivity index (χ0n) is 36.6. The molecule has 2 saturated carbocycles. The number of carbonyl (C=O) groups excluding carboxylic acids is 7. The van der Waals surface area contributed by atoms with Crippen molar-refractivity contribution >= 4 is 41.7 Å². The second kappa shape index (κ2) is 17.9. The molecule has 4 N–H and O–H groups in total. The molecule has 19 nitrogen and oxygen atoms in total. The number of fused-ring (bicyclic) bond motifs is 5. The first-order valence-electron chi connectivity index (χ1n) is 20.6. The van der Waals surface area contributed by atoms with Crippen molar-refractivity contribution in [2.45, 2.75) is 122 Å². The van der Waals surface area contributed by atoms with Crippen LogP contribution in [-0.4, -0.2) is 118 Å². The number of nitrogens with one attached hydrogen (secondary N) is 1. The number of ether oxygens (including phenoxy) is 7. The lowest BCUT2D eigenvalue weighted by molar-refractivity contribution is -0.346. The van der Waals surface area contributed by atoms with Gasteiger partial charge in [0.25, 0.3) is 0 Å². The summed E-state index contributed by atoms with van der Waals surface area (Å²) >= 11 is 0. The van der Waals surface area contributed by atoms with Gasteiger partial charge in [-0.15, -0.1) is 0 Å². The van der Waals surface area contributed by atoms with Crippen LogP contribution in [0, 0.1) is 16.7 Å². The van der Waals surface area contributed by atoms with Gasteiger partial charge in [-0.2, -0.15) is 0 Å². The molecule has 4 aliphatic rings. The molecule has 1 saturated heterocycles. The molecule has 1 aromatic heterocycles. The largest absolute Gasteiger partial charge is 0.467 e. The minimum atomic E-state index is -2.49. The zero-order chi connectivity index (χ0) is 47.1. The molecule has 64 heavy (non-hydrogen) atoms. The molecule has 1 unspecified atom stereocenters. The molecular weight excluding hydrogens is 842 g/mol. The molecule has 1 amide bonds. The molecule has 2 aromatic rings. The minimum absolute atomic E-state index is 0.00980. The van der Waals surface area contributed by atoms with Crippen molar-refractivity contribution in [3.8, 4) is 0 Å². The van der Waals surface area contributed by atoms with Crippen LogP contribution in [0.1, 0.15) is 90.4 Å². The third-order valence-corrected chi connectivity index (χ3v) is 12.9. The van der Waals surface area contributed by atoms with Crippen molar-refractivity contribution in [2.75, 3.05) is 13.2 Å². The molecule has 19 heteroatoms. The van der Waals surface area contributed by atoms with E-state index in [2.05, 4.69) is 5.32 Å². The summed E-state index contributed by atoms with van der Waals surface area (Å²) in [5.41, 5.74) is -7.75. The number of ketones is 1. The lowest BCUT2D eigenvalue weighted by atomic mass is 9.44. The number of amides is 1. The van der Waals surface area contributed by atoms with Gasteiger partial charge < -0.3 is 58.2 Å². The first kappa shape index (κ1) is 47.6. The van der Waals surface area contributed by atoms with Crippen molar-refractivity contribution < 1.29 is 86.5 Å². The Morgan fingerprint density at radius 3 is 2.22 bits per heavy atom. The van der Waals surface area contributed by atoms with Crippen LogP contribution in [0.5, 0.6) is 0 Å². The topological polar surface area (TPSA) is 270 Å². The second-order valence-electron chi connectivity index (χ2n) is 17.5. The van der Waals surface area contributed by atoms with E-state index in [1.54, 1.807) is 32.0 Å². The van der Waals surface area contributed by atoms with Crippen LogP contribution in [-0.2, 0) is 57.1 Å². The summed E-state index contributed by atoms with van der Waals surface area (Å²) in [6.07, 6.45) is -10.1. The number of rotatable bonds is 12. The average Bonchev–Trinajstić information content (AvgIpc) is 3.77. The summed E-state index contributed by atoms with van der Waals surface area (Å²) in [6, 6.07) is 8.90. The zero-order valence-corrected chi connectivity index (χ0v) is 36.6. The number of esters is 5. The monoisotopic (exact) mass is 895 g/mol. The predicted molar refractivity (Wildman–Crippen MR) is 216 cm³/mol. The third-order valence-electron chi connectivity index (χ3n) is 12.9. The van der Waals surface area contributed by atoms with E-state index in [1.165, 1.54) is 58.2 Å². The van der Waals surface area contributed by atoms with E-state index >= 15 is 4.79 Å². The summed E-state index contributed by atoms with van der Waals surface area (Å²) in [4.78, 5) is 94.6. The van der Waals surface area contributed by atoms with Crippen LogP contribution in [0.2, 0.25) is 0 Å². The number of alkyl carbamates (subject to hydrolysis) is 1. The quantitative estimate of drug-likeness (QED) is 0.103. The Kier molecular flexibility index (Phi) is 13.3. The van der Waals surface area contributed by atoms with E-state index in [9.17, 15) is 44.1 Å². The van der Waals surface area contributed by atoms with Gasteiger partial charge in [-0.3, -0.25) is 14.4 Å². The van der Waals surface area contributed by atoms with Gasteiger partial charge in [-0.1, -0.05) is 32.0 Å². The number of benzene rings is 1. The molecule has 2 heterocycles. The first-order chi connectivity index (χ1) is 30.0. The Morgan fingerprint density at radius 1 is 0.953 bits per heavy atom. The third kappa shape index (κ3) is 8.44. The maximum Gasteiger partial charge on any atom is 0.412 e. The standard InChI is InChI=1S/C45H53NO18/c1-22(2)19-59-41(55)46-33(27-15-12-16-57-27)35(51)40(54)61-28-18-45(56)38(63-39(53)26-13-10-9-11-14-26)36-43(8,37(52)34(50)32(23(28)3)42(45,6)7)29(62-31(49)20-58-24(4)47)17-30-44(36,21-60-30)64-25(5)48/h9-16,19,28-30,33-36,38,50-51,56H,17-18,20-21H2,1-8H3,(H,46,55)/t28-,29-,30+,33-,34+,35+,36?,38-,43+,44-,45+/m0/s1. The highest BCUT2D eigenvalue weighted by Gasteiger charge is 2.78. The van der Waals surface area contributed by atoms with E-state index in [4.69, 9.17) is 37.6 Å². The number of carbonyl (C=O) groups is 7. The summed E-state index contributed by atoms with van der Waals surface area (Å²) in [7, 11) is 0. The molecular formula is C45H53NO18. The lowest BCUT2D eigenvalue weighted by Gasteiger charge is -2.67. The SMILES string of the molecule is CC(=O)OCC(=O)O[C@H]1C[C@H]2OC[C@@]2(OC(C)=O)C2[C@H](OC(=O)c3ccccc3)[C@]3(O)C[C@H](OC(=O)[C@H](O)[C@@H](NC(=O)OC=C(C)C)c4ccco4)C(C)=C([C@@H](O)C(=O)[C@@]21C)C3(C)C. The highest BCUT2D eigenvalue weighted by molar-refractivity contribution is 5.94. The molecule has 1 aromatic carbocycles. The van der Waals surface area contributed by atoms with Crippen LogP contribution in [0.4, 0.5) is 4.79 Å². The fraction of sp³-hybridized carbons (Fsp3) is 0.533. The van der Waals surface area contributed by atoms with Gasteiger partial charge in [0.15, 0.2) is 24.1 Å². The van der Waals surface area contributed by atoms with Gasteiger partial charge >= 0.3 is 35.9 Å². The van der Waals surface area contributed by atoms with Crippen LogP contribution >= 0.6 is 0 Å². The molecule has 6 rings (SSSR count). The maximum absolute atomic E-state index is 15.4. The molecule has 0 spiro atoms. The molecule has 1 aliphatic heterocycles. The number of hydrogen-bond acceptors (Lipinski definition) is 18. The van der Waals surface area contributed by atoms with Gasteiger partial charge in [0, 0.05) is 32.1 Å². The van der Waals surface area contributed by atoms with Crippen LogP contribution in [0.3, 0.4) is 0 Å². The average molecular weight is 896 g/mol. The summed E-state index contributed by atoms with van der Waals surface area (Å²) in [6.45, 7) is 10.0. The number of aliphatic hydroxyl groups excluding tert-OH is 2. The summed E-state index contributed by atoms with van der Waals surface area (Å²) in [5, 5.41) is 40.0. The predicted octanol–water partition coefficient (Wildman–Crippen LogP) is 3.09. The summed E-state index contributed by atoms with van der Waals surface area (Å²) < 4.78 is 45.5. The molecule has 11 atom stereocenters. The van der Waals surface area contributed by atoms with Crippen molar-refractivity contribution in [3.63, 3.8) is 0 Å². The molecule has 3 fully saturated rings. The van der Waals surface area contributed by atoms with Gasteiger partial charge in [0.2, 0.25) is 0 Å². The number of Topliss-reactive ketones (excluding diaryl/α,β-unsaturated/α-hetero) is 1. The van der Waals surface area contributed by atoms with E-state index in [0.717, 1.165) is 20.1 Å². The van der Waals surface area contributed by atoms with E-state index < -0.39 is 132 Å². The normalized spacial score (nSPS) is 31.1. The number of furan rings is 1. The Balaban J connectivity index is 1.52. The Labute approximate surface area is 368 Å². The number of aliphatic hydroxyl groups is 3. The Bertz CT molecular complexity index is 2230. The number of allylic oxidation sites excluding steroid dienone is 1. The molecule has 2 bridgehead atoms. The van der Waals surface area contributed by atoms with E-state index in [1.807, 2.05) is 0 Å². The summed E-state index contributed by atoms with van der Waals surface area (Å²) in [5.74, 6) is -7.85. The molecule has 3 aliphatic carbocycles. The molecule has 0 radical (unpaired) electrons. The van der Waals surface area contributed by atoms with Gasteiger partial charge in [0.05, 0.1) is 36.0 Å². The van der Waals surface area contributed by atoms with Crippen molar-refractivity contribution in [1.82, 2.24) is 5.32 Å². The maximum atomic E-state index is 15.4. The van der Waals surface area contributed by atoms with Gasteiger partial charge in [-0.05, 0) is 68.7 Å². The highest BCUT2D eigenvalue weighted by atomic mass is 16.6. The first-order valence-corrected chi connectivity index (χ1v) is 20.6. The Hall–Kier alpha value is -5.89. The van der Waals surface area contributed by atoms with Gasteiger partial charge in [0.1, 0.15) is 47.9 Å². The fourth-order valence-corrected chi connectivity index (χ4v) is 9.73. The minimum Gasteiger partial charge on any atom is -0.467 e. The Morgan fingerprint density at radius 2 is 1.64 bits per heavy atom. The second-order valence-corrected chi connectivity index (χ2v) is 17.5.